The standard InChI is InChI=1S/C15H22N2/c1-4-10-15(3,11-5-2)17-12-16-13-8-6-7-9-14(13)17/h6-9,12H,4-5,10-11H2,1-3H3. The van der Waals surface area contributed by atoms with Crippen LogP contribution in [0.25, 0.3) is 11.0 Å². The molecule has 0 aliphatic rings. The van der Waals surface area contributed by atoms with Crippen LogP contribution in [0.2, 0.25) is 0 Å². The summed E-state index contributed by atoms with van der Waals surface area (Å²) in [5, 5.41) is 0. The highest BCUT2D eigenvalue weighted by atomic mass is 15.1. The number of hydrogen-bond acceptors (Lipinski definition) is 1. The Bertz CT molecular complexity index is 478. The van der Waals surface area contributed by atoms with Gasteiger partial charge >= 0.3 is 0 Å². The summed E-state index contributed by atoms with van der Waals surface area (Å²) in [4.78, 5) is 4.51. The van der Waals surface area contributed by atoms with E-state index in [2.05, 4.69) is 54.6 Å². The third-order valence-corrected chi connectivity index (χ3v) is 3.61. The number of imidazole rings is 1. The molecule has 0 atom stereocenters. The van der Waals surface area contributed by atoms with E-state index < -0.39 is 0 Å². The van der Waals surface area contributed by atoms with Crippen molar-refractivity contribution in [3.05, 3.63) is 30.6 Å². The van der Waals surface area contributed by atoms with Gasteiger partial charge in [-0.05, 0) is 31.9 Å². The molecule has 17 heavy (non-hydrogen) atoms. The predicted molar refractivity (Wildman–Crippen MR) is 73.2 cm³/mol. The summed E-state index contributed by atoms with van der Waals surface area (Å²) in [6, 6.07) is 8.41. The van der Waals surface area contributed by atoms with Crippen molar-refractivity contribution < 1.29 is 0 Å². The first-order valence-electron chi connectivity index (χ1n) is 6.64. The minimum Gasteiger partial charge on any atom is -0.325 e. The fourth-order valence-electron chi connectivity index (χ4n) is 2.83. The van der Waals surface area contributed by atoms with Gasteiger partial charge < -0.3 is 4.57 Å². The molecule has 0 amide bonds. The van der Waals surface area contributed by atoms with Crippen LogP contribution in [0.15, 0.2) is 30.6 Å². The molecule has 2 heteroatoms. The summed E-state index contributed by atoms with van der Waals surface area (Å²) < 4.78 is 2.37. The number of rotatable bonds is 5. The van der Waals surface area contributed by atoms with Crippen LogP contribution < -0.4 is 0 Å². The van der Waals surface area contributed by atoms with Crippen molar-refractivity contribution >= 4 is 11.0 Å². The highest BCUT2D eigenvalue weighted by Crippen LogP contribution is 2.31. The Balaban J connectivity index is 2.48. The van der Waals surface area contributed by atoms with E-state index >= 15 is 0 Å². The maximum absolute atomic E-state index is 4.51. The molecule has 2 rings (SSSR count). The second kappa shape index (κ2) is 4.91. The van der Waals surface area contributed by atoms with Crippen LogP contribution in [-0.2, 0) is 5.54 Å². The minimum atomic E-state index is 0.208. The third-order valence-electron chi connectivity index (χ3n) is 3.61. The second-order valence-electron chi connectivity index (χ2n) is 5.10. The molecule has 0 unspecified atom stereocenters. The van der Waals surface area contributed by atoms with Gasteiger partial charge in [-0.2, -0.15) is 0 Å². The molecule has 0 saturated carbocycles. The van der Waals surface area contributed by atoms with E-state index in [0.29, 0.717) is 0 Å². The van der Waals surface area contributed by atoms with Crippen LogP contribution in [0.5, 0.6) is 0 Å². The van der Waals surface area contributed by atoms with E-state index in [1.807, 2.05) is 6.33 Å². The number of aromatic nitrogens is 2. The van der Waals surface area contributed by atoms with E-state index in [9.17, 15) is 0 Å². The first-order valence-corrected chi connectivity index (χ1v) is 6.64. The van der Waals surface area contributed by atoms with E-state index in [1.54, 1.807) is 0 Å². The second-order valence-corrected chi connectivity index (χ2v) is 5.10. The third kappa shape index (κ3) is 2.21. The largest absolute Gasteiger partial charge is 0.325 e. The first-order chi connectivity index (χ1) is 8.21. The molecule has 0 aliphatic carbocycles. The average Bonchev–Trinajstić information content (AvgIpc) is 2.74. The molecule has 2 nitrogen and oxygen atoms in total. The lowest BCUT2D eigenvalue weighted by atomic mass is 9.90. The van der Waals surface area contributed by atoms with Crippen LogP contribution in [-0.4, -0.2) is 9.55 Å². The Morgan fingerprint density at radius 1 is 1.12 bits per heavy atom. The quantitative estimate of drug-likeness (QED) is 0.746. The summed E-state index contributed by atoms with van der Waals surface area (Å²) in [6.45, 7) is 6.87. The van der Waals surface area contributed by atoms with E-state index in [0.717, 1.165) is 5.52 Å². The lowest BCUT2D eigenvalue weighted by Crippen LogP contribution is -2.29. The first kappa shape index (κ1) is 12.2. The molecule has 2 aromatic rings. The summed E-state index contributed by atoms with van der Waals surface area (Å²) in [5.74, 6) is 0. The number of fused-ring (bicyclic) bond motifs is 1. The molecule has 0 saturated heterocycles. The minimum absolute atomic E-state index is 0.208. The van der Waals surface area contributed by atoms with Crippen LogP contribution in [0.1, 0.15) is 46.5 Å². The molecule has 0 spiro atoms. The predicted octanol–water partition coefficient (Wildman–Crippen LogP) is 4.35. The molecule has 1 aromatic carbocycles. The van der Waals surface area contributed by atoms with Gasteiger partial charge in [0, 0.05) is 5.54 Å². The average molecular weight is 230 g/mol. The molecule has 0 N–H and O–H groups in total. The zero-order valence-corrected chi connectivity index (χ0v) is 11.1. The van der Waals surface area contributed by atoms with Crippen molar-refractivity contribution in [2.24, 2.45) is 0 Å². The monoisotopic (exact) mass is 230 g/mol. The van der Waals surface area contributed by atoms with Crippen molar-refractivity contribution in [3.63, 3.8) is 0 Å². The molecule has 0 bridgehead atoms. The lowest BCUT2D eigenvalue weighted by molar-refractivity contribution is 0.272. The molecule has 92 valence electrons. The van der Waals surface area contributed by atoms with Gasteiger partial charge in [-0.25, -0.2) is 4.98 Å². The fourth-order valence-corrected chi connectivity index (χ4v) is 2.83. The molecule has 1 heterocycles. The molecule has 0 radical (unpaired) electrons. The van der Waals surface area contributed by atoms with E-state index in [1.165, 1.54) is 31.2 Å². The Hall–Kier alpha value is -1.31. The molecular formula is C15H22N2. The Morgan fingerprint density at radius 2 is 1.76 bits per heavy atom. The maximum Gasteiger partial charge on any atom is 0.0963 e. The number of benzene rings is 1. The summed E-state index contributed by atoms with van der Waals surface area (Å²) in [5.41, 5.74) is 2.57. The van der Waals surface area contributed by atoms with Gasteiger partial charge in [-0.15, -0.1) is 0 Å². The van der Waals surface area contributed by atoms with Gasteiger partial charge in [0.15, 0.2) is 0 Å². The van der Waals surface area contributed by atoms with Crippen molar-refractivity contribution in [3.8, 4) is 0 Å². The SMILES string of the molecule is CCCC(C)(CCC)n1cnc2ccccc21. The number of hydrogen-bond donors (Lipinski definition) is 0. The van der Waals surface area contributed by atoms with Crippen LogP contribution >= 0.6 is 0 Å². The summed E-state index contributed by atoms with van der Waals surface area (Å²) in [7, 11) is 0. The Morgan fingerprint density at radius 3 is 2.41 bits per heavy atom. The maximum atomic E-state index is 4.51. The summed E-state index contributed by atoms with van der Waals surface area (Å²) in [6.07, 6.45) is 6.85. The van der Waals surface area contributed by atoms with Crippen LogP contribution in [0, 0.1) is 0 Å². The molecule has 0 aliphatic heterocycles. The van der Waals surface area contributed by atoms with E-state index in [-0.39, 0.29) is 5.54 Å². The van der Waals surface area contributed by atoms with Crippen LogP contribution in [0.4, 0.5) is 0 Å². The van der Waals surface area contributed by atoms with Gasteiger partial charge in [0.25, 0.3) is 0 Å². The topological polar surface area (TPSA) is 17.8 Å². The van der Waals surface area contributed by atoms with Crippen molar-refractivity contribution in [1.82, 2.24) is 9.55 Å². The van der Waals surface area contributed by atoms with Gasteiger partial charge in [-0.3, -0.25) is 0 Å². The zero-order valence-electron chi connectivity index (χ0n) is 11.1. The summed E-state index contributed by atoms with van der Waals surface area (Å²) >= 11 is 0. The highest BCUT2D eigenvalue weighted by Gasteiger charge is 2.25. The number of para-hydroxylation sites is 2. The Kier molecular flexibility index (Phi) is 3.51. The van der Waals surface area contributed by atoms with Crippen molar-refractivity contribution in [2.45, 2.75) is 52.0 Å². The van der Waals surface area contributed by atoms with Gasteiger partial charge in [0.2, 0.25) is 0 Å². The number of nitrogens with zero attached hydrogens (tertiary/aromatic N) is 2. The van der Waals surface area contributed by atoms with Crippen molar-refractivity contribution in [1.29, 1.82) is 0 Å². The van der Waals surface area contributed by atoms with Crippen LogP contribution in [0.3, 0.4) is 0 Å². The van der Waals surface area contributed by atoms with Crippen molar-refractivity contribution in [2.75, 3.05) is 0 Å². The molecule has 1 aromatic heterocycles. The molecule has 0 fully saturated rings. The van der Waals surface area contributed by atoms with Gasteiger partial charge in [0.1, 0.15) is 0 Å². The van der Waals surface area contributed by atoms with E-state index in [4.69, 9.17) is 0 Å². The lowest BCUT2D eigenvalue weighted by Gasteiger charge is -2.31. The smallest absolute Gasteiger partial charge is 0.0963 e. The van der Waals surface area contributed by atoms with Gasteiger partial charge in [-0.1, -0.05) is 38.8 Å². The highest BCUT2D eigenvalue weighted by molar-refractivity contribution is 5.75. The normalized spacial score (nSPS) is 12.2. The fraction of sp³-hybridized carbons (Fsp3) is 0.533. The zero-order chi connectivity index (χ0) is 12.3. The molecular weight excluding hydrogens is 208 g/mol. The van der Waals surface area contributed by atoms with Gasteiger partial charge in [0.05, 0.1) is 17.4 Å². The Labute approximate surface area is 104 Å².